The van der Waals surface area contributed by atoms with E-state index in [-0.39, 0.29) is 22.9 Å². The number of sulfonamides is 1. The topological polar surface area (TPSA) is 79.4 Å². The summed E-state index contributed by atoms with van der Waals surface area (Å²) in [5.41, 5.74) is 1.01. The average Bonchev–Trinajstić information content (AvgIpc) is 2.94. The van der Waals surface area contributed by atoms with Gasteiger partial charge in [-0.25, -0.2) is 13.4 Å². The number of hydrazine groups is 1. The summed E-state index contributed by atoms with van der Waals surface area (Å²) >= 11 is 1.43. The number of amides is 1. The molecular weight excluding hydrogens is 334 g/mol. The Hall–Kier alpha value is -2.29. The van der Waals surface area contributed by atoms with Crippen molar-refractivity contribution in [3.05, 3.63) is 59.1 Å². The molecule has 0 radical (unpaired) electrons. The summed E-state index contributed by atoms with van der Waals surface area (Å²) in [6.45, 7) is 0.0890. The van der Waals surface area contributed by atoms with Crippen LogP contribution in [0, 0.1) is 0 Å². The Morgan fingerprint density at radius 3 is 2.65 bits per heavy atom. The molecule has 2 aromatic carbocycles. The van der Waals surface area contributed by atoms with Gasteiger partial charge in [0.25, 0.3) is 15.9 Å². The smallest absolute Gasteiger partial charge is 0.268 e. The van der Waals surface area contributed by atoms with Gasteiger partial charge in [-0.3, -0.25) is 9.80 Å². The molecule has 6 nitrogen and oxygen atoms in total. The second-order valence-electron chi connectivity index (χ2n) is 5.06. The average molecular weight is 345 g/mol. The van der Waals surface area contributed by atoms with Crippen molar-refractivity contribution in [3.63, 3.8) is 0 Å². The summed E-state index contributed by atoms with van der Waals surface area (Å²) in [5.74, 6) is -0.380. The number of rotatable bonds is 2. The molecule has 0 unspecified atom stereocenters. The lowest BCUT2D eigenvalue weighted by molar-refractivity contribution is 0.0687. The normalized spacial score (nSPS) is 16.5. The lowest BCUT2D eigenvalue weighted by atomic mass is 10.2. The first-order valence-electron chi connectivity index (χ1n) is 6.82. The number of hydrogen-bond acceptors (Lipinski definition) is 5. The van der Waals surface area contributed by atoms with E-state index in [9.17, 15) is 13.2 Å². The summed E-state index contributed by atoms with van der Waals surface area (Å²) in [7, 11) is -3.74. The maximum Gasteiger partial charge on any atom is 0.270 e. The molecule has 3 aromatic rings. The molecule has 116 valence electrons. The molecule has 0 spiro atoms. The summed E-state index contributed by atoms with van der Waals surface area (Å²) < 4.78 is 25.5. The highest BCUT2D eigenvalue weighted by Gasteiger charge is 2.34. The van der Waals surface area contributed by atoms with Crippen molar-refractivity contribution in [2.75, 3.05) is 0 Å². The van der Waals surface area contributed by atoms with Gasteiger partial charge in [-0.2, -0.15) is 0 Å². The molecule has 1 aliphatic heterocycles. The van der Waals surface area contributed by atoms with E-state index in [4.69, 9.17) is 0 Å². The van der Waals surface area contributed by atoms with E-state index in [1.807, 2.05) is 24.3 Å². The van der Waals surface area contributed by atoms with Crippen LogP contribution in [0.3, 0.4) is 0 Å². The van der Waals surface area contributed by atoms with E-state index in [1.165, 1.54) is 23.5 Å². The predicted molar refractivity (Wildman–Crippen MR) is 86.3 cm³/mol. The highest BCUT2D eigenvalue weighted by Crippen LogP contribution is 2.26. The number of fused-ring (bicyclic) bond motifs is 2. The Bertz CT molecular complexity index is 994. The number of hydrogen-bond donors (Lipinski definition) is 1. The zero-order valence-corrected chi connectivity index (χ0v) is 13.4. The first-order valence-corrected chi connectivity index (χ1v) is 9.12. The summed E-state index contributed by atoms with van der Waals surface area (Å²) in [6.07, 6.45) is 0. The third-order valence-electron chi connectivity index (χ3n) is 3.51. The molecule has 8 heteroatoms. The number of aromatic nitrogens is 1. The molecule has 0 fully saturated rings. The highest BCUT2D eigenvalue weighted by molar-refractivity contribution is 7.89. The first-order chi connectivity index (χ1) is 11.0. The van der Waals surface area contributed by atoms with Gasteiger partial charge in [-0.15, -0.1) is 16.2 Å². The van der Waals surface area contributed by atoms with Crippen molar-refractivity contribution in [2.45, 2.75) is 11.4 Å². The van der Waals surface area contributed by atoms with Crippen LogP contribution in [-0.2, 0) is 16.6 Å². The van der Waals surface area contributed by atoms with E-state index in [0.29, 0.717) is 5.01 Å². The van der Waals surface area contributed by atoms with Gasteiger partial charge >= 0.3 is 0 Å². The molecule has 0 atom stereocenters. The molecule has 1 N–H and O–H groups in total. The van der Waals surface area contributed by atoms with Crippen LogP contribution in [0.2, 0.25) is 0 Å². The van der Waals surface area contributed by atoms with Crippen LogP contribution in [0.5, 0.6) is 0 Å². The van der Waals surface area contributed by atoms with Crippen LogP contribution in [0.25, 0.3) is 10.2 Å². The molecule has 1 aromatic heterocycles. The minimum absolute atomic E-state index is 0.00514. The van der Waals surface area contributed by atoms with Gasteiger partial charge in [0.2, 0.25) is 0 Å². The number of nitrogens with zero attached hydrogens (tertiary/aromatic N) is 2. The van der Waals surface area contributed by atoms with Crippen molar-refractivity contribution in [1.29, 1.82) is 0 Å². The number of carbonyl (C=O) groups is 1. The molecule has 0 saturated heterocycles. The quantitative estimate of drug-likeness (QED) is 0.772. The van der Waals surface area contributed by atoms with Gasteiger partial charge in [-0.1, -0.05) is 24.3 Å². The molecule has 0 saturated carbocycles. The standard InChI is InChI=1S/C15H11N3O3S2/c19-15-10-5-1-4-8-13(10)23(20,21)17-18(15)9-14-16-11-6-2-3-7-12(11)22-14/h1-8,17H,9H2. The number of para-hydroxylation sites is 1. The predicted octanol–water partition coefficient (Wildman–Crippen LogP) is 2.15. The van der Waals surface area contributed by atoms with Gasteiger partial charge in [0.1, 0.15) is 5.01 Å². The van der Waals surface area contributed by atoms with E-state index in [1.54, 1.807) is 12.1 Å². The SMILES string of the molecule is O=C1c2ccccc2S(=O)(=O)NN1Cc1nc2ccccc2s1. The Morgan fingerprint density at radius 1 is 1.09 bits per heavy atom. The van der Waals surface area contributed by atoms with E-state index in [0.717, 1.165) is 15.2 Å². The van der Waals surface area contributed by atoms with Crippen molar-refractivity contribution < 1.29 is 13.2 Å². The van der Waals surface area contributed by atoms with E-state index >= 15 is 0 Å². The van der Waals surface area contributed by atoms with Gasteiger partial charge in [0.05, 0.1) is 27.2 Å². The lowest BCUT2D eigenvalue weighted by Crippen LogP contribution is -2.49. The van der Waals surface area contributed by atoms with Crippen molar-refractivity contribution in [1.82, 2.24) is 14.8 Å². The largest absolute Gasteiger partial charge is 0.270 e. The molecule has 0 bridgehead atoms. The fourth-order valence-electron chi connectivity index (χ4n) is 2.49. The van der Waals surface area contributed by atoms with Crippen LogP contribution in [0.4, 0.5) is 0 Å². The molecule has 2 heterocycles. The Kier molecular flexibility index (Phi) is 3.19. The Labute approximate surface area is 136 Å². The monoisotopic (exact) mass is 345 g/mol. The van der Waals surface area contributed by atoms with Gasteiger partial charge in [0.15, 0.2) is 0 Å². The van der Waals surface area contributed by atoms with Crippen molar-refractivity contribution >= 4 is 37.5 Å². The zero-order chi connectivity index (χ0) is 16.0. The third-order valence-corrected chi connectivity index (χ3v) is 5.93. The molecule has 4 rings (SSSR count). The number of carbonyl (C=O) groups excluding carboxylic acids is 1. The summed E-state index contributed by atoms with van der Waals surface area (Å²) in [5, 5.41) is 1.76. The number of benzene rings is 2. The molecular formula is C15H11N3O3S2. The van der Waals surface area contributed by atoms with Gasteiger partial charge in [0, 0.05) is 0 Å². The molecule has 1 aliphatic rings. The molecule has 0 aliphatic carbocycles. The minimum atomic E-state index is -3.74. The van der Waals surface area contributed by atoms with E-state index < -0.39 is 10.0 Å². The molecule has 23 heavy (non-hydrogen) atoms. The van der Waals surface area contributed by atoms with Crippen molar-refractivity contribution in [3.8, 4) is 0 Å². The minimum Gasteiger partial charge on any atom is -0.268 e. The Morgan fingerprint density at radius 2 is 1.83 bits per heavy atom. The molecule has 1 amide bonds. The maximum atomic E-state index is 12.5. The second kappa shape index (κ2) is 5.12. The highest BCUT2D eigenvalue weighted by atomic mass is 32.2. The van der Waals surface area contributed by atoms with Crippen LogP contribution >= 0.6 is 11.3 Å². The lowest BCUT2D eigenvalue weighted by Gasteiger charge is -2.27. The van der Waals surface area contributed by atoms with E-state index in [2.05, 4.69) is 9.82 Å². The third kappa shape index (κ3) is 2.40. The van der Waals surface area contributed by atoms with Crippen LogP contribution in [0.1, 0.15) is 15.4 Å². The fraction of sp³-hybridized carbons (Fsp3) is 0.0667. The summed E-state index contributed by atoms with van der Waals surface area (Å²) in [4.78, 5) is 19.3. The number of nitrogens with one attached hydrogen (secondary N) is 1. The van der Waals surface area contributed by atoms with Crippen LogP contribution in [-0.4, -0.2) is 24.3 Å². The van der Waals surface area contributed by atoms with Crippen LogP contribution in [0.15, 0.2) is 53.4 Å². The maximum absolute atomic E-state index is 12.5. The van der Waals surface area contributed by atoms with Gasteiger partial charge in [-0.05, 0) is 24.3 Å². The fourth-order valence-corrected chi connectivity index (χ4v) is 4.68. The number of thiazole rings is 1. The van der Waals surface area contributed by atoms with Crippen molar-refractivity contribution in [2.24, 2.45) is 0 Å². The Balaban J connectivity index is 1.72. The summed E-state index contributed by atoms with van der Waals surface area (Å²) in [6, 6.07) is 13.8. The first kappa shape index (κ1) is 14.3. The zero-order valence-electron chi connectivity index (χ0n) is 11.8. The second-order valence-corrected chi connectivity index (χ2v) is 7.80. The van der Waals surface area contributed by atoms with Crippen LogP contribution < -0.4 is 4.83 Å². The van der Waals surface area contributed by atoms with Gasteiger partial charge < -0.3 is 0 Å².